The molecule has 0 aliphatic rings. The van der Waals surface area contributed by atoms with Crippen molar-refractivity contribution in [3.8, 4) is 0 Å². The first-order valence-electron chi connectivity index (χ1n) is 5.88. The largest absolute Gasteiger partial charge is 0.347 e. The lowest BCUT2D eigenvalue weighted by Crippen LogP contribution is -2.15. The number of hydrogen-bond donors (Lipinski definition) is 0. The van der Waals surface area contributed by atoms with Crippen molar-refractivity contribution < 1.29 is 0 Å². The number of rotatable bonds is 0. The fourth-order valence-electron chi connectivity index (χ4n) is 2.32. The minimum atomic E-state index is 0.204. The van der Waals surface area contributed by atoms with Gasteiger partial charge in [-0.25, -0.2) is 0 Å². The Morgan fingerprint density at radius 3 is 2.06 bits per heavy atom. The van der Waals surface area contributed by atoms with Gasteiger partial charge < -0.3 is 4.57 Å². The Labute approximate surface area is 98.1 Å². The highest BCUT2D eigenvalue weighted by Gasteiger charge is 2.19. The van der Waals surface area contributed by atoms with Crippen molar-refractivity contribution in [2.75, 3.05) is 0 Å². The van der Waals surface area contributed by atoms with Crippen molar-refractivity contribution in [2.24, 2.45) is 7.05 Å². The highest BCUT2D eigenvalue weighted by Crippen LogP contribution is 2.29. The molecule has 16 heavy (non-hydrogen) atoms. The van der Waals surface area contributed by atoms with E-state index in [0.29, 0.717) is 0 Å². The second kappa shape index (κ2) is 3.38. The molecule has 0 saturated heterocycles. The van der Waals surface area contributed by atoms with Crippen LogP contribution in [-0.2, 0) is 12.5 Å². The Morgan fingerprint density at radius 1 is 0.938 bits per heavy atom. The highest BCUT2D eigenvalue weighted by atomic mass is 15.0. The van der Waals surface area contributed by atoms with Crippen LogP contribution in [0.5, 0.6) is 0 Å². The molecular formula is C15H21N. The van der Waals surface area contributed by atoms with E-state index < -0.39 is 0 Å². The van der Waals surface area contributed by atoms with E-state index in [1.807, 2.05) is 0 Å². The quantitative estimate of drug-likeness (QED) is 0.623. The third kappa shape index (κ3) is 1.64. The number of aromatic nitrogens is 1. The summed E-state index contributed by atoms with van der Waals surface area (Å²) in [5, 5.41) is 1.36. The monoisotopic (exact) mass is 215 g/mol. The highest BCUT2D eigenvalue weighted by molar-refractivity contribution is 5.83. The van der Waals surface area contributed by atoms with Crippen LogP contribution < -0.4 is 0 Å². The van der Waals surface area contributed by atoms with E-state index in [-0.39, 0.29) is 5.41 Å². The molecule has 0 saturated carbocycles. The van der Waals surface area contributed by atoms with Gasteiger partial charge in [-0.05, 0) is 43.2 Å². The standard InChI is InChI=1S/C15H21N/c1-10-7-12-9-14(15(3,4)5)16(6)13(12)8-11(10)2/h7-9H,1-6H3. The summed E-state index contributed by atoms with van der Waals surface area (Å²) in [6.45, 7) is 11.2. The summed E-state index contributed by atoms with van der Waals surface area (Å²) in [5.74, 6) is 0. The second-order valence-corrected chi connectivity index (χ2v) is 5.83. The fraction of sp³-hybridized carbons (Fsp3) is 0.467. The van der Waals surface area contributed by atoms with Crippen LogP contribution in [0, 0.1) is 13.8 Å². The van der Waals surface area contributed by atoms with Crippen LogP contribution in [0.15, 0.2) is 18.2 Å². The molecule has 1 aromatic carbocycles. The molecule has 0 bridgehead atoms. The van der Waals surface area contributed by atoms with Crippen LogP contribution in [0.4, 0.5) is 0 Å². The Kier molecular flexibility index (Phi) is 2.37. The summed E-state index contributed by atoms with van der Waals surface area (Å²) in [5.41, 5.74) is 5.68. The van der Waals surface area contributed by atoms with E-state index in [1.54, 1.807) is 0 Å². The van der Waals surface area contributed by atoms with Gasteiger partial charge in [-0.15, -0.1) is 0 Å². The van der Waals surface area contributed by atoms with Gasteiger partial charge in [0.05, 0.1) is 0 Å². The van der Waals surface area contributed by atoms with Crippen LogP contribution in [0.1, 0.15) is 37.6 Å². The molecule has 1 nitrogen and oxygen atoms in total. The van der Waals surface area contributed by atoms with Crippen molar-refractivity contribution in [1.82, 2.24) is 4.57 Å². The first-order chi connectivity index (χ1) is 7.30. The summed E-state index contributed by atoms with van der Waals surface area (Å²) < 4.78 is 2.32. The van der Waals surface area contributed by atoms with E-state index >= 15 is 0 Å². The van der Waals surface area contributed by atoms with Gasteiger partial charge in [0.15, 0.2) is 0 Å². The van der Waals surface area contributed by atoms with Crippen LogP contribution in [-0.4, -0.2) is 4.57 Å². The summed E-state index contributed by atoms with van der Waals surface area (Å²) in [7, 11) is 2.16. The number of aryl methyl sites for hydroxylation is 3. The van der Waals surface area contributed by atoms with Crippen molar-refractivity contribution in [3.63, 3.8) is 0 Å². The van der Waals surface area contributed by atoms with Crippen molar-refractivity contribution in [3.05, 3.63) is 35.0 Å². The lowest BCUT2D eigenvalue weighted by Gasteiger charge is -2.19. The summed E-state index contributed by atoms with van der Waals surface area (Å²) in [6, 6.07) is 6.90. The minimum Gasteiger partial charge on any atom is -0.347 e. The van der Waals surface area contributed by atoms with Gasteiger partial charge in [-0.2, -0.15) is 0 Å². The van der Waals surface area contributed by atoms with Crippen molar-refractivity contribution in [1.29, 1.82) is 0 Å². The number of fused-ring (bicyclic) bond motifs is 1. The van der Waals surface area contributed by atoms with Gasteiger partial charge >= 0.3 is 0 Å². The number of nitrogens with zero attached hydrogens (tertiary/aromatic N) is 1. The molecule has 2 rings (SSSR count). The van der Waals surface area contributed by atoms with Crippen LogP contribution in [0.25, 0.3) is 10.9 Å². The zero-order valence-electron chi connectivity index (χ0n) is 11.2. The third-order valence-electron chi connectivity index (χ3n) is 3.43. The zero-order valence-corrected chi connectivity index (χ0v) is 11.2. The van der Waals surface area contributed by atoms with Gasteiger partial charge in [-0.1, -0.05) is 20.8 Å². The first-order valence-corrected chi connectivity index (χ1v) is 5.88. The van der Waals surface area contributed by atoms with E-state index in [2.05, 4.69) is 64.4 Å². The average molecular weight is 215 g/mol. The Balaban J connectivity index is 2.79. The van der Waals surface area contributed by atoms with Gasteiger partial charge in [-0.3, -0.25) is 0 Å². The second-order valence-electron chi connectivity index (χ2n) is 5.83. The molecule has 0 fully saturated rings. The normalized spacial score (nSPS) is 12.4. The number of hydrogen-bond acceptors (Lipinski definition) is 0. The fourth-order valence-corrected chi connectivity index (χ4v) is 2.32. The lowest BCUT2D eigenvalue weighted by molar-refractivity contribution is 0.547. The van der Waals surface area contributed by atoms with Crippen LogP contribution >= 0.6 is 0 Å². The summed E-state index contributed by atoms with van der Waals surface area (Å²) in [4.78, 5) is 0. The molecule has 0 N–H and O–H groups in total. The van der Waals surface area contributed by atoms with E-state index in [0.717, 1.165) is 0 Å². The van der Waals surface area contributed by atoms with Crippen LogP contribution in [0.2, 0.25) is 0 Å². The molecule has 1 aromatic heterocycles. The van der Waals surface area contributed by atoms with E-state index in [4.69, 9.17) is 0 Å². The summed E-state index contributed by atoms with van der Waals surface area (Å²) >= 11 is 0. The molecule has 0 atom stereocenters. The van der Waals surface area contributed by atoms with Crippen LogP contribution in [0.3, 0.4) is 0 Å². The van der Waals surface area contributed by atoms with Gasteiger partial charge in [0.2, 0.25) is 0 Å². The van der Waals surface area contributed by atoms with Crippen molar-refractivity contribution >= 4 is 10.9 Å². The maximum absolute atomic E-state index is 2.32. The average Bonchev–Trinajstić information content (AvgIpc) is 2.45. The molecule has 2 aromatic rings. The predicted octanol–water partition coefficient (Wildman–Crippen LogP) is 4.09. The lowest BCUT2D eigenvalue weighted by atomic mass is 9.92. The molecule has 0 aliphatic heterocycles. The molecule has 0 unspecified atom stereocenters. The van der Waals surface area contributed by atoms with E-state index in [9.17, 15) is 0 Å². The summed E-state index contributed by atoms with van der Waals surface area (Å²) in [6.07, 6.45) is 0. The topological polar surface area (TPSA) is 4.93 Å². The van der Waals surface area contributed by atoms with Crippen molar-refractivity contribution in [2.45, 2.75) is 40.0 Å². The molecule has 1 heteroatoms. The van der Waals surface area contributed by atoms with Gasteiger partial charge in [0.1, 0.15) is 0 Å². The Morgan fingerprint density at radius 2 is 1.50 bits per heavy atom. The molecule has 0 radical (unpaired) electrons. The van der Waals surface area contributed by atoms with Gasteiger partial charge in [0.25, 0.3) is 0 Å². The smallest absolute Gasteiger partial charge is 0.0482 e. The maximum Gasteiger partial charge on any atom is 0.0482 e. The van der Waals surface area contributed by atoms with E-state index in [1.165, 1.54) is 27.7 Å². The number of benzene rings is 1. The Hall–Kier alpha value is -1.24. The maximum atomic E-state index is 2.32. The molecule has 0 aliphatic carbocycles. The molecule has 0 spiro atoms. The SMILES string of the molecule is Cc1cc2cc(C(C)(C)C)n(C)c2cc1C. The molecule has 86 valence electrons. The molecular weight excluding hydrogens is 194 g/mol. The zero-order chi connectivity index (χ0) is 12.1. The third-order valence-corrected chi connectivity index (χ3v) is 3.43. The molecule has 1 heterocycles. The minimum absolute atomic E-state index is 0.204. The molecule has 0 amide bonds. The van der Waals surface area contributed by atoms with Gasteiger partial charge in [0, 0.05) is 29.1 Å². The predicted molar refractivity (Wildman–Crippen MR) is 71.1 cm³/mol. The Bertz CT molecular complexity index is 539. The first kappa shape index (κ1) is 11.3.